The van der Waals surface area contributed by atoms with E-state index < -0.39 is 8.07 Å². The first-order valence-electron chi connectivity index (χ1n) is 11.4. The lowest BCUT2D eigenvalue weighted by Gasteiger charge is -2.39. The molecule has 0 saturated heterocycles. The van der Waals surface area contributed by atoms with Crippen LogP contribution in [-0.2, 0) is 0 Å². The Bertz CT molecular complexity index is 1100. The summed E-state index contributed by atoms with van der Waals surface area (Å²) in [6, 6.07) is 25.8. The maximum Gasteiger partial charge on any atom is 0.176 e. The molecule has 3 aromatic carbocycles. The molecule has 0 nitrogen and oxygen atoms in total. The zero-order valence-corrected chi connectivity index (χ0v) is 21.0. The number of allylic oxidation sites excluding steroid dienone is 4. The van der Waals surface area contributed by atoms with Gasteiger partial charge in [0.15, 0.2) is 8.07 Å². The van der Waals surface area contributed by atoms with Crippen LogP contribution in [0.1, 0.15) is 43.0 Å². The molecule has 1 heteroatoms. The van der Waals surface area contributed by atoms with Gasteiger partial charge in [0.2, 0.25) is 0 Å². The van der Waals surface area contributed by atoms with E-state index in [0.717, 1.165) is 0 Å². The van der Waals surface area contributed by atoms with Gasteiger partial charge >= 0.3 is 0 Å². The fraction of sp³-hybridized carbons (Fsp3) is 0.267. The zero-order valence-electron chi connectivity index (χ0n) is 20.0. The second-order valence-electron chi connectivity index (χ2n) is 9.55. The third-order valence-corrected chi connectivity index (χ3v) is 12.0. The van der Waals surface area contributed by atoms with Gasteiger partial charge in [0.25, 0.3) is 0 Å². The van der Waals surface area contributed by atoms with Gasteiger partial charge in [-0.05, 0) is 63.0 Å². The summed E-state index contributed by atoms with van der Waals surface area (Å²) in [5, 5.41) is 6.14. The summed E-state index contributed by atoms with van der Waals surface area (Å²) >= 11 is 0. The summed E-state index contributed by atoms with van der Waals surface area (Å²) in [5.74, 6) is 0.438. The molecule has 0 heterocycles. The van der Waals surface area contributed by atoms with Crippen molar-refractivity contribution < 1.29 is 0 Å². The molecule has 0 fully saturated rings. The SMILES string of the molecule is CC1=CC(C)C([Si](c2ccccc2)(c2cc(C)cc(C)c2)c2cc(C)cc(C)c2)=C1C. The fourth-order valence-electron chi connectivity index (χ4n) is 5.80. The Morgan fingerprint density at radius 2 is 1.03 bits per heavy atom. The Morgan fingerprint density at radius 1 is 0.581 bits per heavy atom. The minimum absolute atomic E-state index is 0.438. The Balaban J connectivity index is 2.23. The van der Waals surface area contributed by atoms with Crippen LogP contribution in [0.2, 0.25) is 0 Å². The number of benzene rings is 3. The van der Waals surface area contributed by atoms with E-state index in [0.29, 0.717) is 5.92 Å². The third-order valence-electron chi connectivity index (χ3n) is 6.87. The standard InChI is InChI=1S/C30H34Si/c1-20-13-21(2)16-28(15-20)31(27-11-9-8-10-12-27,29-17-22(3)14-23(4)18-29)30-25(6)19-24(5)26(30)7/h8-19,25H,1-7H3. The van der Waals surface area contributed by atoms with E-state index in [4.69, 9.17) is 0 Å². The van der Waals surface area contributed by atoms with Crippen molar-refractivity contribution in [2.45, 2.75) is 48.5 Å². The number of hydrogen-bond acceptors (Lipinski definition) is 0. The van der Waals surface area contributed by atoms with E-state index in [9.17, 15) is 0 Å². The average molecular weight is 423 g/mol. The number of hydrogen-bond donors (Lipinski definition) is 0. The minimum atomic E-state index is -2.46. The minimum Gasteiger partial charge on any atom is -0.0748 e. The van der Waals surface area contributed by atoms with Crippen LogP contribution >= 0.6 is 0 Å². The molecule has 3 aromatic rings. The van der Waals surface area contributed by atoms with Gasteiger partial charge in [-0.1, -0.05) is 118 Å². The molecular weight excluding hydrogens is 388 g/mol. The topological polar surface area (TPSA) is 0 Å². The van der Waals surface area contributed by atoms with E-state index in [1.54, 1.807) is 5.20 Å². The van der Waals surface area contributed by atoms with Crippen molar-refractivity contribution in [3.63, 3.8) is 0 Å². The Kier molecular flexibility index (Phi) is 5.66. The van der Waals surface area contributed by atoms with E-state index in [2.05, 4.69) is 121 Å². The monoisotopic (exact) mass is 422 g/mol. The van der Waals surface area contributed by atoms with Gasteiger partial charge in [0.1, 0.15) is 0 Å². The molecule has 1 aliphatic carbocycles. The van der Waals surface area contributed by atoms with Crippen LogP contribution in [0.15, 0.2) is 89.1 Å². The maximum absolute atomic E-state index is 2.47. The molecular formula is C30H34Si. The molecule has 1 aliphatic rings. The van der Waals surface area contributed by atoms with Crippen LogP contribution in [0.25, 0.3) is 0 Å². The predicted molar refractivity (Wildman–Crippen MR) is 139 cm³/mol. The molecule has 0 bridgehead atoms. The molecule has 0 spiro atoms. The van der Waals surface area contributed by atoms with Crippen molar-refractivity contribution in [2.24, 2.45) is 5.92 Å². The largest absolute Gasteiger partial charge is 0.176 e. The molecule has 0 aliphatic heterocycles. The predicted octanol–water partition coefficient (Wildman–Crippen LogP) is 5.84. The normalized spacial score (nSPS) is 16.6. The highest BCUT2D eigenvalue weighted by molar-refractivity contribution is 7.16. The van der Waals surface area contributed by atoms with Gasteiger partial charge < -0.3 is 0 Å². The first kappa shape index (κ1) is 21.6. The highest BCUT2D eigenvalue weighted by Crippen LogP contribution is 2.37. The highest BCUT2D eigenvalue weighted by Gasteiger charge is 2.47. The first-order chi connectivity index (χ1) is 14.7. The molecule has 0 amide bonds. The van der Waals surface area contributed by atoms with Crippen LogP contribution < -0.4 is 15.6 Å². The quantitative estimate of drug-likeness (QED) is 0.366. The van der Waals surface area contributed by atoms with Gasteiger partial charge in [0, 0.05) is 0 Å². The Labute approximate surface area is 189 Å². The summed E-state index contributed by atoms with van der Waals surface area (Å²) in [6.07, 6.45) is 2.47. The molecule has 0 N–H and O–H groups in total. The average Bonchev–Trinajstić information content (AvgIpc) is 2.95. The summed E-state index contributed by atoms with van der Waals surface area (Å²) in [6.45, 7) is 16.0. The highest BCUT2D eigenvalue weighted by atomic mass is 28.3. The lowest BCUT2D eigenvalue weighted by molar-refractivity contribution is 0.922. The van der Waals surface area contributed by atoms with Gasteiger partial charge in [0.05, 0.1) is 0 Å². The Hall–Kier alpha value is -2.64. The van der Waals surface area contributed by atoms with Crippen molar-refractivity contribution >= 4 is 23.6 Å². The van der Waals surface area contributed by atoms with E-state index in [1.807, 2.05) is 0 Å². The number of rotatable bonds is 4. The van der Waals surface area contributed by atoms with Crippen molar-refractivity contribution in [1.29, 1.82) is 0 Å². The maximum atomic E-state index is 2.47. The zero-order chi connectivity index (χ0) is 22.3. The molecule has 4 rings (SSSR count). The van der Waals surface area contributed by atoms with Crippen molar-refractivity contribution in [3.8, 4) is 0 Å². The molecule has 0 radical (unpaired) electrons. The summed E-state index contributed by atoms with van der Waals surface area (Å²) < 4.78 is 0. The molecule has 1 unspecified atom stereocenters. The molecule has 0 aromatic heterocycles. The molecule has 1 atom stereocenters. The third kappa shape index (κ3) is 3.66. The van der Waals surface area contributed by atoms with E-state index >= 15 is 0 Å². The fourth-order valence-corrected chi connectivity index (χ4v) is 11.7. The van der Waals surface area contributed by atoms with Crippen LogP contribution in [0.4, 0.5) is 0 Å². The summed E-state index contributed by atoms with van der Waals surface area (Å²) in [4.78, 5) is 0. The van der Waals surface area contributed by atoms with E-state index in [1.165, 1.54) is 49.0 Å². The molecule has 31 heavy (non-hydrogen) atoms. The van der Waals surface area contributed by atoms with Gasteiger partial charge in [-0.3, -0.25) is 0 Å². The summed E-state index contributed by atoms with van der Waals surface area (Å²) in [5.41, 5.74) is 8.31. The van der Waals surface area contributed by atoms with Crippen LogP contribution in [0.3, 0.4) is 0 Å². The number of aryl methyl sites for hydroxylation is 4. The van der Waals surface area contributed by atoms with Crippen LogP contribution in [0.5, 0.6) is 0 Å². The smallest absolute Gasteiger partial charge is 0.0748 e. The first-order valence-corrected chi connectivity index (χ1v) is 13.4. The van der Waals surface area contributed by atoms with Crippen molar-refractivity contribution in [2.75, 3.05) is 0 Å². The lowest BCUT2D eigenvalue weighted by Crippen LogP contribution is -2.69. The molecule has 0 saturated carbocycles. The molecule has 158 valence electrons. The van der Waals surface area contributed by atoms with Gasteiger partial charge in [-0.2, -0.15) is 0 Å². The lowest BCUT2D eigenvalue weighted by atomic mass is 10.1. The van der Waals surface area contributed by atoms with Gasteiger partial charge in [-0.25, -0.2) is 0 Å². The van der Waals surface area contributed by atoms with Crippen LogP contribution in [0, 0.1) is 33.6 Å². The van der Waals surface area contributed by atoms with Crippen molar-refractivity contribution in [1.82, 2.24) is 0 Å². The van der Waals surface area contributed by atoms with Crippen molar-refractivity contribution in [3.05, 3.63) is 111 Å². The second-order valence-corrected chi connectivity index (χ2v) is 13.3. The van der Waals surface area contributed by atoms with E-state index in [-0.39, 0.29) is 0 Å². The summed E-state index contributed by atoms with van der Waals surface area (Å²) in [7, 11) is -2.46. The Morgan fingerprint density at radius 3 is 1.42 bits per heavy atom. The second kappa shape index (κ2) is 8.13. The van der Waals surface area contributed by atoms with Gasteiger partial charge in [-0.15, -0.1) is 0 Å². The van der Waals surface area contributed by atoms with Crippen LogP contribution in [-0.4, -0.2) is 8.07 Å².